The predicted molar refractivity (Wildman–Crippen MR) is 112 cm³/mol. The molecule has 2 heterocycles. The van der Waals surface area contributed by atoms with Gasteiger partial charge in [0.1, 0.15) is 5.60 Å². The third-order valence-corrected chi connectivity index (χ3v) is 6.65. The number of Topliss-reactive ketones (excluding diaryl/α,β-unsaturated/α-hetero) is 1. The Hall–Kier alpha value is -1.57. The minimum atomic E-state index is -2.21. The van der Waals surface area contributed by atoms with Crippen LogP contribution in [-0.4, -0.2) is 51.6 Å². The van der Waals surface area contributed by atoms with Crippen LogP contribution >= 0.6 is 23.2 Å². The first-order chi connectivity index (χ1) is 14.2. The fourth-order valence-corrected chi connectivity index (χ4v) is 4.89. The number of hydrogen-bond donors (Lipinski definition) is 2. The minimum absolute atomic E-state index is 0.0249. The number of alkyl halides is 1. The smallest absolute Gasteiger partial charge is 0.195 e. The van der Waals surface area contributed by atoms with E-state index >= 15 is 4.39 Å². The van der Waals surface area contributed by atoms with Gasteiger partial charge in [-0.15, -0.1) is 0 Å². The third kappa shape index (κ3) is 3.99. The zero-order valence-electron chi connectivity index (χ0n) is 16.3. The molecule has 0 bridgehead atoms. The van der Waals surface area contributed by atoms with Crippen LogP contribution in [0, 0.1) is 0 Å². The Labute approximate surface area is 184 Å². The van der Waals surface area contributed by atoms with Crippen LogP contribution in [0.2, 0.25) is 10.0 Å². The number of aromatic nitrogens is 1. The molecule has 2 N–H and O–H groups in total. The van der Waals surface area contributed by atoms with Gasteiger partial charge in [0.2, 0.25) is 0 Å². The lowest BCUT2D eigenvalue weighted by atomic mass is 9.72. The number of carbonyl (C=O) groups excluding carboxylic acids is 1. The number of ketones is 1. The summed E-state index contributed by atoms with van der Waals surface area (Å²) in [5.74, 6) is -0.552. The molecule has 1 aromatic carbocycles. The topological polar surface area (TPSA) is 73.7 Å². The molecule has 0 spiro atoms. The standard InChI is InChI=1S/C22H23Cl2FN2O3/c23-15-5-3-14(18(24)10-15)4-6-19(29)22(25)8-7-21(30,13-27-11-16(28)12-27)20-17(22)2-1-9-26-20/h1-3,5,9-10,16,28,30H,4,6-8,11-13H2/t21-,22+/m1/s1. The molecule has 1 fully saturated rings. The number of nitrogens with zero attached hydrogens (tertiary/aromatic N) is 2. The van der Waals surface area contributed by atoms with Crippen molar-refractivity contribution in [3.63, 3.8) is 0 Å². The fraction of sp³-hybridized carbons (Fsp3) is 0.455. The van der Waals surface area contributed by atoms with Crippen LogP contribution in [-0.2, 0) is 22.5 Å². The number of rotatable bonds is 6. The Bertz CT molecular complexity index is 969. The fourth-order valence-electron chi connectivity index (χ4n) is 4.38. The van der Waals surface area contributed by atoms with E-state index in [0.717, 1.165) is 5.56 Å². The van der Waals surface area contributed by atoms with E-state index in [9.17, 15) is 15.0 Å². The van der Waals surface area contributed by atoms with Crippen LogP contribution in [0.5, 0.6) is 0 Å². The largest absolute Gasteiger partial charge is 0.390 e. The zero-order chi connectivity index (χ0) is 21.5. The molecule has 160 valence electrons. The first kappa shape index (κ1) is 21.7. The van der Waals surface area contributed by atoms with E-state index in [2.05, 4.69) is 4.98 Å². The second-order valence-electron chi connectivity index (χ2n) is 8.24. The number of fused-ring (bicyclic) bond motifs is 1. The molecule has 0 saturated carbocycles. The van der Waals surface area contributed by atoms with Crippen molar-refractivity contribution in [2.24, 2.45) is 0 Å². The maximum atomic E-state index is 16.1. The molecule has 0 radical (unpaired) electrons. The van der Waals surface area contributed by atoms with Gasteiger partial charge >= 0.3 is 0 Å². The lowest BCUT2D eigenvalue weighted by molar-refractivity contribution is -0.136. The molecule has 0 unspecified atom stereocenters. The molecule has 30 heavy (non-hydrogen) atoms. The van der Waals surface area contributed by atoms with E-state index in [1.807, 2.05) is 4.90 Å². The number of likely N-dealkylation sites (tertiary alicyclic amines) is 1. The monoisotopic (exact) mass is 452 g/mol. The van der Waals surface area contributed by atoms with Gasteiger partial charge in [-0.05, 0) is 43.0 Å². The molecule has 1 aromatic heterocycles. The second-order valence-corrected chi connectivity index (χ2v) is 9.08. The van der Waals surface area contributed by atoms with Gasteiger partial charge in [-0.3, -0.25) is 14.7 Å². The maximum Gasteiger partial charge on any atom is 0.195 e. The highest BCUT2D eigenvalue weighted by Crippen LogP contribution is 2.47. The SMILES string of the molecule is O=C(CCc1ccc(Cl)cc1Cl)[C@]1(F)CC[C@@](O)(CN2CC(O)C2)c2ncccc21. The number of halogens is 3. The van der Waals surface area contributed by atoms with E-state index < -0.39 is 23.2 Å². The number of carbonyl (C=O) groups is 1. The molecular weight excluding hydrogens is 430 g/mol. The molecular formula is C22H23Cl2FN2O3. The lowest BCUT2D eigenvalue weighted by Gasteiger charge is -2.45. The normalized spacial score (nSPS) is 26.8. The van der Waals surface area contributed by atoms with Crippen molar-refractivity contribution in [2.75, 3.05) is 19.6 Å². The van der Waals surface area contributed by atoms with Crippen molar-refractivity contribution in [3.05, 3.63) is 63.4 Å². The van der Waals surface area contributed by atoms with E-state index in [0.29, 0.717) is 29.6 Å². The summed E-state index contributed by atoms with van der Waals surface area (Å²) in [6.45, 7) is 1.18. The highest BCUT2D eigenvalue weighted by atomic mass is 35.5. The van der Waals surface area contributed by atoms with Crippen molar-refractivity contribution >= 4 is 29.0 Å². The minimum Gasteiger partial charge on any atom is -0.390 e. The summed E-state index contributed by atoms with van der Waals surface area (Å²) in [5.41, 5.74) is -2.49. The maximum absolute atomic E-state index is 16.1. The summed E-state index contributed by atoms with van der Waals surface area (Å²) in [7, 11) is 0. The van der Waals surface area contributed by atoms with Crippen molar-refractivity contribution in [1.29, 1.82) is 0 Å². The van der Waals surface area contributed by atoms with Crippen LogP contribution in [0.15, 0.2) is 36.5 Å². The molecule has 8 heteroatoms. The van der Waals surface area contributed by atoms with Crippen molar-refractivity contribution in [2.45, 2.75) is 43.1 Å². The molecule has 4 rings (SSSR count). The van der Waals surface area contributed by atoms with Crippen molar-refractivity contribution in [3.8, 4) is 0 Å². The first-order valence-electron chi connectivity index (χ1n) is 9.96. The quantitative estimate of drug-likeness (QED) is 0.702. The number of hydrogen-bond acceptors (Lipinski definition) is 5. The highest BCUT2D eigenvalue weighted by Gasteiger charge is 2.52. The van der Waals surface area contributed by atoms with E-state index in [-0.39, 0.29) is 37.1 Å². The Balaban J connectivity index is 1.55. The van der Waals surface area contributed by atoms with Gasteiger partial charge in [0.25, 0.3) is 0 Å². The Morgan fingerprint density at radius 1 is 1.27 bits per heavy atom. The Morgan fingerprint density at radius 2 is 2.03 bits per heavy atom. The third-order valence-electron chi connectivity index (χ3n) is 6.06. The highest BCUT2D eigenvalue weighted by molar-refractivity contribution is 6.35. The molecule has 5 nitrogen and oxygen atoms in total. The molecule has 0 amide bonds. The molecule has 1 saturated heterocycles. The molecule has 1 aliphatic carbocycles. The van der Waals surface area contributed by atoms with Crippen LogP contribution < -0.4 is 0 Å². The molecule has 2 aliphatic rings. The summed E-state index contributed by atoms with van der Waals surface area (Å²) in [6.07, 6.45) is 1.33. The molecule has 1 aliphatic heterocycles. The lowest BCUT2D eigenvalue weighted by Crippen LogP contribution is -2.57. The first-order valence-corrected chi connectivity index (χ1v) is 10.7. The summed E-state index contributed by atoms with van der Waals surface area (Å²) in [5, 5.41) is 21.7. The van der Waals surface area contributed by atoms with Crippen molar-refractivity contribution < 1.29 is 19.4 Å². The average molecular weight is 453 g/mol. The van der Waals surface area contributed by atoms with Crippen LogP contribution in [0.4, 0.5) is 4.39 Å². The number of β-amino-alcohol motifs (C(OH)–C–C–N with tert-alkyl or cyclic N) is 2. The summed E-state index contributed by atoms with van der Waals surface area (Å²) < 4.78 is 16.1. The number of aliphatic hydroxyl groups excluding tert-OH is 1. The molecule has 2 aromatic rings. The van der Waals surface area contributed by atoms with Crippen molar-refractivity contribution in [1.82, 2.24) is 9.88 Å². The van der Waals surface area contributed by atoms with Gasteiger partial charge in [-0.25, -0.2) is 4.39 Å². The summed E-state index contributed by atoms with van der Waals surface area (Å²) in [6, 6.07) is 8.13. The Kier molecular flexibility index (Phi) is 5.90. The van der Waals surface area contributed by atoms with Gasteiger partial charge in [-0.1, -0.05) is 35.3 Å². The van der Waals surface area contributed by atoms with E-state index in [1.165, 1.54) is 12.3 Å². The van der Waals surface area contributed by atoms with Gasteiger partial charge < -0.3 is 10.2 Å². The van der Waals surface area contributed by atoms with E-state index in [1.54, 1.807) is 24.3 Å². The predicted octanol–water partition coefficient (Wildman–Crippen LogP) is 3.41. The number of aliphatic hydroxyl groups is 2. The molecule has 2 atom stereocenters. The van der Waals surface area contributed by atoms with Gasteiger partial charge in [0.05, 0.1) is 11.8 Å². The number of benzene rings is 1. The van der Waals surface area contributed by atoms with Gasteiger partial charge in [0.15, 0.2) is 11.5 Å². The number of aryl methyl sites for hydroxylation is 1. The summed E-state index contributed by atoms with van der Waals surface area (Å²) in [4.78, 5) is 19.1. The van der Waals surface area contributed by atoms with Crippen LogP contribution in [0.3, 0.4) is 0 Å². The summed E-state index contributed by atoms with van der Waals surface area (Å²) >= 11 is 12.1. The van der Waals surface area contributed by atoms with Crippen LogP contribution in [0.1, 0.15) is 36.1 Å². The van der Waals surface area contributed by atoms with Crippen LogP contribution in [0.25, 0.3) is 0 Å². The Morgan fingerprint density at radius 3 is 2.73 bits per heavy atom. The number of pyridine rings is 1. The zero-order valence-corrected chi connectivity index (χ0v) is 17.8. The van der Waals surface area contributed by atoms with E-state index in [4.69, 9.17) is 23.2 Å². The average Bonchev–Trinajstić information content (AvgIpc) is 2.69. The van der Waals surface area contributed by atoms with Gasteiger partial charge in [-0.2, -0.15) is 0 Å². The van der Waals surface area contributed by atoms with Gasteiger partial charge in [0, 0.05) is 47.9 Å². The second kappa shape index (κ2) is 8.17.